The molecule has 0 spiro atoms. The number of hydrogen-bond acceptors (Lipinski definition) is 3. The molecule has 0 aromatic carbocycles. The number of hydroxylamine groups is 1. The van der Waals surface area contributed by atoms with Gasteiger partial charge in [-0.3, -0.25) is 10.0 Å². The summed E-state index contributed by atoms with van der Waals surface area (Å²) in [7, 11) is 0. The summed E-state index contributed by atoms with van der Waals surface area (Å²) >= 11 is 0. The maximum Gasteiger partial charge on any atom is 0.276 e. The number of amides is 1. The van der Waals surface area contributed by atoms with Crippen molar-refractivity contribution < 1.29 is 10.0 Å². The average Bonchev–Trinajstić information content (AvgIpc) is 2.39. The minimum atomic E-state index is -0.659. The van der Waals surface area contributed by atoms with Crippen molar-refractivity contribution in [3.8, 4) is 0 Å². The van der Waals surface area contributed by atoms with E-state index in [1.165, 1.54) is 17.8 Å². The molecule has 0 saturated carbocycles. The van der Waals surface area contributed by atoms with Crippen LogP contribution in [0.1, 0.15) is 19.8 Å². The Hall–Kier alpha value is -1.82. The molecule has 0 aliphatic carbocycles. The molecule has 1 fully saturated rings. The topological polar surface area (TPSA) is 91.0 Å². The average molecular weight is 252 g/mol. The zero-order chi connectivity index (χ0) is 13.5. The van der Waals surface area contributed by atoms with Crippen molar-refractivity contribution in [3.63, 3.8) is 0 Å². The summed E-state index contributed by atoms with van der Waals surface area (Å²) < 4.78 is 0. The van der Waals surface area contributed by atoms with Crippen molar-refractivity contribution >= 4 is 11.9 Å². The molecule has 1 aliphatic rings. The number of aliphatic imine (C=N–C) groups is 1. The van der Waals surface area contributed by atoms with Crippen molar-refractivity contribution in [2.75, 3.05) is 13.1 Å². The second-order valence-electron chi connectivity index (χ2n) is 4.39. The van der Waals surface area contributed by atoms with Gasteiger partial charge in [-0.1, -0.05) is 19.6 Å². The highest BCUT2D eigenvalue weighted by Gasteiger charge is 2.16. The van der Waals surface area contributed by atoms with Crippen LogP contribution in [0.15, 0.2) is 29.4 Å². The van der Waals surface area contributed by atoms with E-state index in [0.717, 1.165) is 25.9 Å². The zero-order valence-corrected chi connectivity index (χ0v) is 10.6. The number of rotatable bonds is 3. The van der Waals surface area contributed by atoms with Gasteiger partial charge in [-0.05, 0) is 18.8 Å². The molecular weight excluding hydrogens is 232 g/mol. The van der Waals surface area contributed by atoms with Gasteiger partial charge in [0, 0.05) is 19.3 Å². The monoisotopic (exact) mass is 252 g/mol. The molecule has 6 nitrogen and oxygen atoms in total. The van der Waals surface area contributed by atoms with Gasteiger partial charge < -0.3 is 10.6 Å². The van der Waals surface area contributed by atoms with E-state index in [1.54, 1.807) is 0 Å². The second-order valence-corrected chi connectivity index (χ2v) is 4.39. The maximum absolute atomic E-state index is 11.2. The summed E-state index contributed by atoms with van der Waals surface area (Å²) in [4.78, 5) is 17.2. The van der Waals surface area contributed by atoms with Gasteiger partial charge in [0.25, 0.3) is 5.91 Å². The van der Waals surface area contributed by atoms with Crippen LogP contribution in [0, 0.1) is 5.92 Å². The van der Waals surface area contributed by atoms with E-state index in [-0.39, 0.29) is 5.57 Å². The predicted octanol–water partition coefficient (Wildman–Crippen LogP) is 0.608. The molecule has 1 heterocycles. The lowest BCUT2D eigenvalue weighted by Crippen LogP contribution is -2.42. The lowest BCUT2D eigenvalue weighted by Gasteiger charge is -2.30. The number of guanidine groups is 1. The van der Waals surface area contributed by atoms with Crippen LogP contribution in [-0.2, 0) is 4.79 Å². The number of likely N-dealkylation sites (tertiary alicyclic amines) is 1. The molecule has 0 aromatic heterocycles. The van der Waals surface area contributed by atoms with Gasteiger partial charge in [0.2, 0.25) is 0 Å². The Kier molecular flexibility index (Phi) is 5.38. The Morgan fingerprint density at radius 3 is 2.67 bits per heavy atom. The lowest BCUT2D eigenvalue weighted by molar-refractivity contribution is -0.124. The second kappa shape index (κ2) is 6.80. The molecule has 0 atom stereocenters. The third-order valence-corrected chi connectivity index (χ3v) is 3.03. The van der Waals surface area contributed by atoms with Gasteiger partial charge in [-0.25, -0.2) is 10.5 Å². The summed E-state index contributed by atoms with van der Waals surface area (Å²) in [5.41, 5.74) is 7.52. The lowest BCUT2D eigenvalue weighted by atomic mass is 10.00. The Bertz CT molecular complexity index is 368. The summed E-state index contributed by atoms with van der Waals surface area (Å²) in [5, 5.41) is 8.50. The fraction of sp³-hybridized carbons (Fsp3) is 0.500. The third kappa shape index (κ3) is 3.89. The molecule has 0 bridgehead atoms. The van der Waals surface area contributed by atoms with Gasteiger partial charge >= 0.3 is 0 Å². The molecule has 1 amide bonds. The minimum absolute atomic E-state index is 0.158. The van der Waals surface area contributed by atoms with Crippen molar-refractivity contribution in [3.05, 3.63) is 24.4 Å². The van der Waals surface area contributed by atoms with Gasteiger partial charge in [0.15, 0.2) is 5.96 Å². The van der Waals surface area contributed by atoms with Crippen LogP contribution in [0.25, 0.3) is 0 Å². The normalized spacial score (nSPS) is 18.7. The largest absolute Gasteiger partial charge is 0.370 e. The van der Waals surface area contributed by atoms with E-state index in [2.05, 4.69) is 18.5 Å². The van der Waals surface area contributed by atoms with Crippen molar-refractivity contribution in [2.24, 2.45) is 16.6 Å². The van der Waals surface area contributed by atoms with Crippen LogP contribution in [-0.4, -0.2) is 35.1 Å². The van der Waals surface area contributed by atoms with Crippen LogP contribution in [0.5, 0.6) is 0 Å². The number of piperidine rings is 1. The summed E-state index contributed by atoms with van der Waals surface area (Å²) in [6.45, 7) is 7.43. The first-order valence-corrected chi connectivity index (χ1v) is 5.93. The molecule has 4 N–H and O–H groups in total. The summed E-state index contributed by atoms with van der Waals surface area (Å²) in [5.74, 6) is 0.439. The van der Waals surface area contributed by atoms with E-state index < -0.39 is 5.91 Å². The smallest absolute Gasteiger partial charge is 0.276 e. The van der Waals surface area contributed by atoms with Gasteiger partial charge in [-0.2, -0.15) is 0 Å². The van der Waals surface area contributed by atoms with E-state index >= 15 is 0 Å². The Morgan fingerprint density at radius 1 is 1.56 bits per heavy atom. The Labute approximate surface area is 107 Å². The molecular formula is C12H20N4O2. The number of nitrogens with two attached hydrogens (primary N) is 1. The number of nitrogens with zero attached hydrogens (tertiary/aromatic N) is 2. The van der Waals surface area contributed by atoms with E-state index in [9.17, 15) is 4.79 Å². The maximum atomic E-state index is 11.2. The molecule has 1 rings (SSSR count). The molecule has 0 unspecified atom stereocenters. The van der Waals surface area contributed by atoms with E-state index in [0.29, 0.717) is 11.9 Å². The Balaban J connectivity index is 2.67. The third-order valence-electron chi connectivity index (χ3n) is 3.03. The fourth-order valence-corrected chi connectivity index (χ4v) is 1.72. The summed E-state index contributed by atoms with van der Waals surface area (Å²) in [6.07, 6.45) is 4.78. The zero-order valence-electron chi connectivity index (χ0n) is 10.6. The minimum Gasteiger partial charge on any atom is -0.370 e. The van der Waals surface area contributed by atoms with Gasteiger partial charge in [0.1, 0.15) is 0 Å². The van der Waals surface area contributed by atoms with Crippen molar-refractivity contribution in [2.45, 2.75) is 19.8 Å². The molecule has 1 saturated heterocycles. The highest BCUT2D eigenvalue weighted by molar-refractivity contribution is 5.95. The molecule has 0 aromatic rings. The van der Waals surface area contributed by atoms with Crippen molar-refractivity contribution in [1.29, 1.82) is 0 Å². The van der Waals surface area contributed by atoms with Crippen LogP contribution < -0.4 is 11.2 Å². The van der Waals surface area contributed by atoms with Crippen LogP contribution in [0.2, 0.25) is 0 Å². The quantitative estimate of drug-likeness (QED) is 0.171. The molecule has 100 valence electrons. The number of carbonyl (C=O) groups is 1. The number of carbonyl (C=O) groups excluding carboxylic acids is 1. The molecule has 18 heavy (non-hydrogen) atoms. The SMILES string of the molecule is C=C/C(=C\N=C(/N)N1CCC(C)CC1)C(=O)NO. The first-order chi connectivity index (χ1) is 8.58. The van der Waals surface area contributed by atoms with Crippen LogP contribution in [0.3, 0.4) is 0 Å². The first-order valence-electron chi connectivity index (χ1n) is 5.93. The van der Waals surface area contributed by atoms with Crippen LogP contribution >= 0.6 is 0 Å². The summed E-state index contributed by atoms with van der Waals surface area (Å²) in [6, 6.07) is 0. The van der Waals surface area contributed by atoms with E-state index in [4.69, 9.17) is 10.9 Å². The fourth-order valence-electron chi connectivity index (χ4n) is 1.72. The molecule has 1 aliphatic heterocycles. The van der Waals surface area contributed by atoms with E-state index in [1.807, 2.05) is 4.90 Å². The highest BCUT2D eigenvalue weighted by atomic mass is 16.5. The Morgan fingerprint density at radius 2 is 2.17 bits per heavy atom. The predicted molar refractivity (Wildman–Crippen MR) is 69.8 cm³/mol. The standard InChI is InChI=1S/C12H20N4O2/c1-3-10(11(17)15-18)8-14-12(13)16-6-4-9(2)5-7-16/h3,8-9,18H,1,4-7H2,2H3,(H2,13,14)(H,15,17)/b10-8+. The highest BCUT2D eigenvalue weighted by Crippen LogP contribution is 2.15. The number of nitrogens with one attached hydrogen (secondary N) is 1. The van der Waals surface area contributed by atoms with Gasteiger partial charge in [-0.15, -0.1) is 0 Å². The van der Waals surface area contributed by atoms with Crippen molar-refractivity contribution in [1.82, 2.24) is 10.4 Å². The molecule has 6 heteroatoms. The first kappa shape index (κ1) is 14.2. The number of hydrogen-bond donors (Lipinski definition) is 3. The van der Waals surface area contributed by atoms with Gasteiger partial charge in [0.05, 0.1) is 5.57 Å². The van der Waals surface area contributed by atoms with Crippen LogP contribution in [0.4, 0.5) is 0 Å². The molecule has 0 radical (unpaired) electrons.